The SMILES string of the molecule is CCOc1cc(C(=O)OCc2cc3c(cc2Br)OCCO3)c([N+](=O)[O-])cc1OC. The van der Waals surface area contributed by atoms with E-state index in [1.165, 1.54) is 13.2 Å². The smallest absolute Gasteiger partial charge is 0.345 e. The first-order chi connectivity index (χ1) is 13.9. The molecule has 9 nitrogen and oxygen atoms in total. The monoisotopic (exact) mass is 467 g/mol. The molecular weight excluding hydrogens is 450 g/mol. The summed E-state index contributed by atoms with van der Waals surface area (Å²) >= 11 is 3.40. The number of carbonyl (C=O) groups is 1. The second-order valence-electron chi connectivity index (χ2n) is 5.87. The van der Waals surface area contributed by atoms with Crippen molar-refractivity contribution in [2.45, 2.75) is 13.5 Å². The van der Waals surface area contributed by atoms with Gasteiger partial charge in [-0.2, -0.15) is 0 Å². The number of nitro groups is 1. The third kappa shape index (κ3) is 4.53. The van der Waals surface area contributed by atoms with E-state index in [0.29, 0.717) is 41.4 Å². The molecule has 0 saturated heterocycles. The van der Waals surface area contributed by atoms with Crippen molar-refractivity contribution in [3.05, 3.63) is 50.0 Å². The Hall–Kier alpha value is -3.01. The van der Waals surface area contributed by atoms with Gasteiger partial charge in [0.1, 0.15) is 25.4 Å². The molecule has 1 heterocycles. The number of ether oxygens (including phenoxy) is 5. The van der Waals surface area contributed by atoms with Crippen LogP contribution in [0.25, 0.3) is 0 Å². The largest absolute Gasteiger partial charge is 0.493 e. The first-order valence-electron chi connectivity index (χ1n) is 8.69. The van der Waals surface area contributed by atoms with Crippen LogP contribution in [0.2, 0.25) is 0 Å². The van der Waals surface area contributed by atoms with Crippen molar-refractivity contribution in [3.8, 4) is 23.0 Å². The molecule has 0 atom stereocenters. The second-order valence-corrected chi connectivity index (χ2v) is 6.73. The van der Waals surface area contributed by atoms with E-state index in [1.54, 1.807) is 19.1 Å². The summed E-state index contributed by atoms with van der Waals surface area (Å²) in [6, 6.07) is 5.81. The highest BCUT2D eigenvalue weighted by Crippen LogP contribution is 2.37. The summed E-state index contributed by atoms with van der Waals surface area (Å²) in [6.07, 6.45) is 0. The second kappa shape index (κ2) is 8.99. The van der Waals surface area contributed by atoms with Crippen LogP contribution in [0.4, 0.5) is 5.69 Å². The molecule has 1 aliphatic rings. The molecule has 0 unspecified atom stereocenters. The lowest BCUT2D eigenvalue weighted by Gasteiger charge is -2.20. The first-order valence-corrected chi connectivity index (χ1v) is 9.48. The minimum absolute atomic E-state index is 0.122. The predicted molar refractivity (Wildman–Crippen MR) is 105 cm³/mol. The fraction of sp³-hybridized carbons (Fsp3) is 0.316. The van der Waals surface area contributed by atoms with Gasteiger partial charge in [0.05, 0.1) is 24.7 Å². The van der Waals surface area contributed by atoms with Crippen LogP contribution < -0.4 is 18.9 Å². The molecule has 0 N–H and O–H groups in total. The maximum Gasteiger partial charge on any atom is 0.345 e. The summed E-state index contributed by atoms with van der Waals surface area (Å²) in [5, 5.41) is 11.4. The van der Waals surface area contributed by atoms with Gasteiger partial charge < -0.3 is 23.7 Å². The molecule has 10 heteroatoms. The third-order valence-corrected chi connectivity index (χ3v) is 4.81. The summed E-state index contributed by atoms with van der Waals surface area (Å²) in [5.41, 5.74) is -0.0340. The number of halogens is 1. The molecule has 1 aliphatic heterocycles. The number of hydrogen-bond donors (Lipinski definition) is 0. The van der Waals surface area contributed by atoms with E-state index < -0.39 is 16.6 Å². The van der Waals surface area contributed by atoms with Gasteiger partial charge in [0, 0.05) is 16.1 Å². The van der Waals surface area contributed by atoms with Crippen LogP contribution in [0.5, 0.6) is 23.0 Å². The van der Waals surface area contributed by atoms with Gasteiger partial charge in [0.2, 0.25) is 0 Å². The zero-order valence-electron chi connectivity index (χ0n) is 15.7. The van der Waals surface area contributed by atoms with Gasteiger partial charge >= 0.3 is 5.97 Å². The Morgan fingerprint density at radius 3 is 2.48 bits per heavy atom. The summed E-state index contributed by atoms with van der Waals surface area (Å²) in [4.78, 5) is 23.3. The quantitative estimate of drug-likeness (QED) is 0.342. The van der Waals surface area contributed by atoms with E-state index in [2.05, 4.69) is 15.9 Å². The van der Waals surface area contributed by atoms with Crippen molar-refractivity contribution in [3.63, 3.8) is 0 Å². The zero-order chi connectivity index (χ0) is 21.0. The van der Waals surface area contributed by atoms with Crippen LogP contribution >= 0.6 is 15.9 Å². The van der Waals surface area contributed by atoms with Crippen LogP contribution in [0.3, 0.4) is 0 Å². The van der Waals surface area contributed by atoms with Crippen molar-refractivity contribution in [2.75, 3.05) is 26.9 Å². The summed E-state index contributed by atoms with van der Waals surface area (Å²) < 4.78 is 27.5. The fourth-order valence-corrected chi connectivity index (χ4v) is 3.17. The molecule has 154 valence electrons. The Kier molecular flexibility index (Phi) is 6.42. The highest BCUT2D eigenvalue weighted by atomic mass is 79.9. The number of methoxy groups -OCH3 is 1. The lowest BCUT2D eigenvalue weighted by molar-refractivity contribution is -0.385. The van der Waals surface area contributed by atoms with E-state index in [0.717, 1.165) is 6.07 Å². The number of rotatable bonds is 7. The van der Waals surface area contributed by atoms with Crippen molar-refractivity contribution in [2.24, 2.45) is 0 Å². The molecule has 0 spiro atoms. The maximum absolute atomic E-state index is 12.6. The number of esters is 1. The van der Waals surface area contributed by atoms with E-state index in [-0.39, 0.29) is 23.7 Å². The summed E-state index contributed by atoms with van der Waals surface area (Å²) in [6.45, 7) is 2.80. The lowest BCUT2D eigenvalue weighted by atomic mass is 10.1. The number of hydrogen-bond acceptors (Lipinski definition) is 8. The van der Waals surface area contributed by atoms with Crippen molar-refractivity contribution in [1.82, 2.24) is 0 Å². The molecule has 2 aromatic rings. The Morgan fingerprint density at radius 1 is 1.17 bits per heavy atom. The van der Waals surface area contributed by atoms with Crippen LogP contribution in [0.1, 0.15) is 22.8 Å². The van der Waals surface area contributed by atoms with E-state index in [4.69, 9.17) is 23.7 Å². The average molecular weight is 468 g/mol. The van der Waals surface area contributed by atoms with Crippen LogP contribution in [0.15, 0.2) is 28.7 Å². The fourth-order valence-electron chi connectivity index (χ4n) is 2.73. The molecule has 0 saturated carbocycles. The molecule has 0 aliphatic carbocycles. The minimum Gasteiger partial charge on any atom is -0.493 e. The van der Waals surface area contributed by atoms with Gasteiger partial charge in [0.25, 0.3) is 5.69 Å². The van der Waals surface area contributed by atoms with Gasteiger partial charge in [-0.1, -0.05) is 15.9 Å². The number of nitrogens with zero attached hydrogens (tertiary/aromatic N) is 1. The number of benzene rings is 2. The van der Waals surface area contributed by atoms with Crippen LogP contribution in [0, 0.1) is 10.1 Å². The summed E-state index contributed by atoms with van der Waals surface area (Å²) in [5.74, 6) is 0.643. The van der Waals surface area contributed by atoms with Gasteiger partial charge in [-0.05, 0) is 19.1 Å². The summed E-state index contributed by atoms with van der Waals surface area (Å²) in [7, 11) is 1.36. The highest BCUT2D eigenvalue weighted by molar-refractivity contribution is 9.10. The highest BCUT2D eigenvalue weighted by Gasteiger charge is 2.26. The molecule has 3 rings (SSSR count). The normalized spacial score (nSPS) is 12.2. The molecule has 0 bridgehead atoms. The van der Waals surface area contributed by atoms with Gasteiger partial charge in [0.15, 0.2) is 23.0 Å². The molecule has 0 aromatic heterocycles. The molecule has 29 heavy (non-hydrogen) atoms. The van der Waals surface area contributed by atoms with Crippen LogP contribution in [-0.4, -0.2) is 37.8 Å². The lowest BCUT2D eigenvalue weighted by Crippen LogP contribution is -2.16. The first kappa shape index (κ1) is 20.7. The Bertz CT molecular complexity index is 946. The Balaban J connectivity index is 1.85. The molecule has 0 fully saturated rings. The molecule has 0 radical (unpaired) electrons. The van der Waals surface area contributed by atoms with Gasteiger partial charge in [-0.3, -0.25) is 10.1 Å². The molecule has 0 amide bonds. The van der Waals surface area contributed by atoms with Gasteiger partial charge in [-0.15, -0.1) is 0 Å². The average Bonchev–Trinajstić information content (AvgIpc) is 2.71. The standard InChI is InChI=1S/C19H18BrNO8/c1-3-26-17-7-12(14(21(23)24)9-15(17)25-2)19(22)29-10-11-6-16-18(8-13(11)20)28-5-4-27-16/h6-9H,3-5,10H2,1-2H3. The Labute approximate surface area is 174 Å². The molecule has 2 aromatic carbocycles. The number of carbonyl (C=O) groups excluding carboxylic acids is 1. The van der Waals surface area contributed by atoms with Crippen molar-refractivity contribution in [1.29, 1.82) is 0 Å². The van der Waals surface area contributed by atoms with Crippen molar-refractivity contribution >= 4 is 27.6 Å². The van der Waals surface area contributed by atoms with E-state index in [1.807, 2.05) is 0 Å². The maximum atomic E-state index is 12.6. The van der Waals surface area contributed by atoms with Gasteiger partial charge in [-0.25, -0.2) is 4.79 Å². The van der Waals surface area contributed by atoms with E-state index >= 15 is 0 Å². The van der Waals surface area contributed by atoms with E-state index in [9.17, 15) is 14.9 Å². The number of nitro benzene ring substituents is 1. The topological polar surface area (TPSA) is 106 Å². The number of fused-ring (bicyclic) bond motifs is 1. The zero-order valence-corrected chi connectivity index (χ0v) is 17.3. The van der Waals surface area contributed by atoms with Crippen LogP contribution in [-0.2, 0) is 11.3 Å². The third-order valence-electron chi connectivity index (χ3n) is 4.07. The Morgan fingerprint density at radius 2 is 1.86 bits per heavy atom. The van der Waals surface area contributed by atoms with Crippen molar-refractivity contribution < 1.29 is 33.4 Å². The molecular formula is C19H18BrNO8. The minimum atomic E-state index is -0.859. The predicted octanol–water partition coefficient (Wildman–Crippen LogP) is 3.89.